The van der Waals surface area contributed by atoms with Crippen LogP contribution >= 0.6 is 0 Å². The van der Waals surface area contributed by atoms with Crippen molar-refractivity contribution in [2.45, 2.75) is 44.1 Å². The van der Waals surface area contributed by atoms with Gasteiger partial charge in [0.1, 0.15) is 11.9 Å². The lowest BCUT2D eigenvalue weighted by Gasteiger charge is -2.34. The van der Waals surface area contributed by atoms with Crippen molar-refractivity contribution in [3.8, 4) is 5.75 Å². The van der Waals surface area contributed by atoms with Crippen molar-refractivity contribution in [1.29, 1.82) is 0 Å². The van der Waals surface area contributed by atoms with Crippen molar-refractivity contribution in [3.63, 3.8) is 0 Å². The van der Waals surface area contributed by atoms with E-state index in [0.717, 1.165) is 70.6 Å². The predicted molar refractivity (Wildman–Crippen MR) is 100 cm³/mol. The van der Waals surface area contributed by atoms with E-state index < -0.39 is 0 Å². The zero-order valence-corrected chi connectivity index (χ0v) is 15.7. The summed E-state index contributed by atoms with van der Waals surface area (Å²) in [4.78, 5) is 14.9. The number of piperidine rings is 2. The molecular formula is C21H30N2O3. The van der Waals surface area contributed by atoms with E-state index >= 15 is 0 Å². The third-order valence-corrected chi connectivity index (χ3v) is 6.51. The molecule has 5 heteroatoms. The first-order valence-corrected chi connectivity index (χ1v) is 9.97. The highest BCUT2D eigenvalue weighted by Crippen LogP contribution is 2.42. The Balaban J connectivity index is 1.31. The molecule has 3 aliphatic heterocycles. The average Bonchev–Trinajstić information content (AvgIpc) is 2.97. The van der Waals surface area contributed by atoms with E-state index in [1.807, 2.05) is 6.07 Å². The fourth-order valence-corrected chi connectivity index (χ4v) is 4.97. The smallest absolute Gasteiger partial charge is 0.312 e. The van der Waals surface area contributed by atoms with E-state index in [1.54, 1.807) is 7.11 Å². The van der Waals surface area contributed by atoms with E-state index in [2.05, 4.69) is 28.4 Å². The van der Waals surface area contributed by atoms with Gasteiger partial charge < -0.3 is 14.8 Å². The van der Waals surface area contributed by atoms with Gasteiger partial charge in [0.05, 0.1) is 12.5 Å². The highest BCUT2D eigenvalue weighted by atomic mass is 16.6. The van der Waals surface area contributed by atoms with Crippen molar-refractivity contribution in [1.82, 2.24) is 10.2 Å². The number of carbonyl (C=O) groups excluding carboxylic acids is 1. The van der Waals surface area contributed by atoms with Gasteiger partial charge in [-0.25, -0.2) is 0 Å². The number of ether oxygens (including phenoxy) is 2. The molecule has 3 aliphatic rings. The number of nitrogens with one attached hydrogen (secondary N) is 1. The number of methoxy groups -OCH3 is 1. The van der Waals surface area contributed by atoms with E-state index in [4.69, 9.17) is 9.47 Å². The minimum atomic E-state index is -0.203. The first kappa shape index (κ1) is 17.8. The van der Waals surface area contributed by atoms with Gasteiger partial charge >= 0.3 is 5.97 Å². The molecule has 1 unspecified atom stereocenters. The molecule has 0 radical (unpaired) electrons. The summed E-state index contributed by atoms with van der Waals surface area (Å²) in [5.74, 6) is 1.61. The van der Waals surface area contributed by atoms with Crippen molar-refractivity contribution in [3.05, 3.63) is 29.8 Å². The molecule has 3 fully saturated rings. The molecule has 0 saturated carbocycles. The number of nitrogens with zero attached hydrogens (tertiary/aromatic N) is 1. The number of esters is 1. The Morgan fingerprint density at radius 1 is 1.23 bits per heavy atom. The summed E-state index contributed by atoms with van der Waals surface area (Å²) < 4.78 is 11.3. The topological polar surface area (TPSA) is 50.8 Å². The Hall–Kier alpha value is -1.59. The Morgan fingerprint density at radius 2 is 1.96 bits per heavy atom. The number of rotatable bonds is 4. The molecule has 3 heterocycles. The molecule has 1 atom stereocenters. The normalized spacial score (nSPS) is 26.8. The number of benzene rings is 1. The number of cyclic esters (lactones) is 1. The second-order valence-corrected chi connectivity index (χ2v) is 8.08. The Kier molecular flexibility index (Phi) is 5.18. The maximum Gasteiger partial charge on any atom is 0.312 e. The number of carbonyl (C=O) groups is 1. The molecule has 1 spiro atoms. The minimum absolute atomic E-state index is 0.0490. The maximum absolute atomic E-state index is 12.4. The van der Waals surface area contributed by atoms with Crippen LogP contribution < -0.4 is 10.1 Å². The molecule has 26 heavy (non-hydrogen) atoms. The zero-order chi connectivity index (χ0) is 18.0. The second-order valence-electron chi connectivity index (χ2n) is 8.08. The van der Waals surface area contributed by atoms with Crippen LogP contribution in [0, 0.1) is 5.41 Å². The number of likely N-dealkylation sites (tertiary alicyclic amines) is 1. The Morgan fingerprint density at radius 3 is 2.69 bits per heavy atom. The van der Waals surface area contributed by atoms with Gasteiger partial charge in [-0.05, 0) is 69.4 Å². The van der Waals surface area contributed by atoms with Crippen LogP contribution in [0.4, 0.5) is 0 Å². The summed E-state index contributed by atoms with van der Waals surface area (Å²) in [6.45, 7) is 4.88. The van der Waals surface area contributed by atoms with Gasteiger partial charge in [0.25, 0.3) is 0 Å². The average molecular weight is 358 g/mol. The third-order valence-electron chi connectivity index (χ3n) is 6.51. The van der Waals surface area contributed by atoms with Gasteiger partial charge in [-0.1, -0.05) is 18.2 Å². The van der Waals surface area contributed by atoms with Gasteiger partial charge in [0.15, 0.2) is 0 Å². The zero-order valence-electron chi connectivity index (χ0n) is 15.7. The largest absolute Gasteiger partial charge is 0.496 e. The molecule has 0 aromatic heterocycles. The van der Waals surface area contributed by atoms with Crippen molar-refractivity contribution in [2.24, 2.45) is 5.41 Å². The van der Waals surface area contributed by atoms with Crippen LogP contribution in [-0.2, 0) is 9.53 Å². The number of hydrogen-bond acceptors (Lipinski definition) is 5. The van der Waals surface area contributed by atoms with Gasteiger partial charge in [-0.15, -0.1) is 0 Å². The lowest BCUT2D eigenvalue weighted by atomic mass is 9.76. The van der Waals surface area contributed by atoms with E-state index in [-0.39, 0.29) is 17.5 Å². The summed E-state index contributed by atoms with van der Waals surface area (Å²) >= 11 is 0. The third kappa shape index (κ3) is 3.47. The first-order valence-electron chi connectivity index (χ1n) is 9.97. The minimum Gasteiger partial charge on any atom is -0.496 e. The Labute approximate surface area is 156 Å². The SMILES string of the molecule is COc1ccccc1C1CCN(CC2CC3(CCNCC3)C(=O)O2)CC1. The molecule has 3 saturated heterocycles. The summed E-state index contributed by atoms with van der Waals surface area (Å²) in [7, 11) is 1.75. The van der Waals surface area contributed by atoms with Gasteiger partial charge in [-0.2, -0.15) is 0 Å². The van der Waals surface area contributed by atoms with Crippen LogP contribution in [0.15, 0.2) is 24.3 Å². The number of para-hydroxylation sites is 1. The lowest BCUT2D eigenvalue weighted by Crippen LogP contribution is -2.40. The van der Waals surface area contributed by atoms with E-state index in [9.17, 15) is 4.79 Å². The molecule has 1 aromatic carbocycles. The molecule has 0 aliphatic carbocycles. The summed E-state index contributed by atoms with van der Waals surface area (Å²) in [6, 6.07) is 8.38. The van der Waals surface area contributed by atoms with Gasteiger partial charge in [0, 0.05) is 13.0 Å². The standard InChI is InChI=1S/C21H30N2O3/c1-25-19-5-3-2-4-18(19)16-6-12-23(13-7-16)15-17-14-21(20(24)26-17)8-10-22-11-9-21/h2-5,16-17,22H,6-15H2,1H3. The van der Waals surface area contributed by atoms with Crippen LogP contribution in [0.1, 0.15) is 43.6 Å². The van der Waals surface area contributed by atoms with Gasteiger partial charge in [0.2, 0.25) is 0 Å². The monoisotopic (exact) mass is 358 g/mol. The molecule has 1 N–H and O–H groups in total. The molecule has 0 amide bonds. The number of hydrogen-bond donors (Lipinski definition) is 1. The molecule has 4 rings (SSSR count). The van der Waals surface area contributed by atoms with Crippen LogP contribution in [0.3, 0.4) is 0 Å². The molecule has 142 valence electrons. The van der Waals surface area contributed by atoms with Gasteiger partial charge in [-0.3, -0.25) is 9.69 Å². The molecule has 0 bridgehead atoms. The lowest BCUT2D eigenvalue weighted by molar-refractivity contribution is -0.150. The summed E-state index contributed by atoms with van der Waals surface area (Å²) in [5, 5.41) is 3.35. The fraction of sp³-hybridized carbons (Fsp3) is 0.667. The molecule has 1 aromatic rings. The van der Waals surface area contributed by atoms with Crippen molar-refractivity contribution >= 4 is 5.97 Å². The predicted octanol–water partition coefficient (Wildman–Crippen LogP) is 2.56. The maximum atomic E-state index is 12.4. The van der Waals surface area contributed by atoms with Crippen LogP contribution in [0.5, 0.6) is 5.75 Å². The second kappa shape index (κ2) is 7.57. The highest BCUT2D eigenvalue weighted by Gasteiger charge is 2.49. The fourth-order valence-electron chi connectivity index (χ4n) is 4.97. The van der Waals surface area contributed by atoms with Crippen LogP contribution in [0.25, 0.3) is 0 Å². The molecular weight excluding hydrogens is 328 g/mol. The first-order chi connectivity index (χ1) is 12.7. The van der Waals surface area contributed by atoms with Crippen molar-refractivity contribution < 1.29 is 14.3 Å². The summed E-state index contributed by atoms with van der Waals surface area (Å²) in [5.41, 5.74) is 1.13. The molecule has 5 nitrogen and oxygen atoms in total. The van der Waals surface area contributed by atoms with E-state index in [0.29, 0.717) is 5.92 Å². The van der Waals surface area contributed by atoms with Crippen LogP contribution in [-0.4, -0.2) is 56.8 Å². The van der Waals surface area contributed by atoms with Crippen LogP contribution in [0.2, 0.25) is 0 Å². The van der Waals surface area contributed by atoms with E-state index in [1.165, 1.54) is 5.56 Å². The quantitative estimate of drug-likeness (QED) is 0.839. The highest BCUT2D eigenvalue weighted by molar-refractivity contribution is 5.79. The summed E-state index contributed by atoms with van der Waals surface area (Å²) in [6.07, 6.45) is 5.10. The Bertz CT molecular complexity index is 634. The van der Waals surface area contributed by atoms with Crippen molar-refractivity contribution in [2.75, 3.05) is 39.8 Å².